The molecule has 7 nitrogen and oxygen atoms in total. The van der Waals surface area contributed by atoms with E-state index >= 15 is 0 Å². The summed E-state index contributed by atoms with van der Waals surface area (Å²) in [4.78, 5) is 32.6. The van der Waals surface area contributed by atoms with Gasteiger partial charge in [0.05, 0.1) is 16.1 Å². The zero-order valence-electron chi connectivity index (χ0n) is 19.2. The van der Waals surface area contributed by atoms with Crippen LogP contribution in [0.15, 0.2) is 30.5 Å². The van der Waals surface area contributed by atoms with Crippen molar-refractivity contribution < 1.29 is 9.59 Å². The number of hydrogen-bond acceptors (Lipinski definition) is 5. The van der Waals surface area contributed by atoms with Crippen LogP contribution in [0.5, 0.6) is 0 Å². The van der Waals surface area contributed by atoms with Gasteiger partial charge in [-0.2, -0.15) is 0 Å². The van der Waals surface area contributed by atoms with Crippen molar-refractivity contribution in [1.82, 2.24) is 20.7 Å². The first kappa shape index (κ1) is 23.5. The number of carbonyl (C=O) groups excluding carboxylic acids is 2. The van der Waals surface area contributed by atoms with Crippen LogP contribution in [0.4, 0.5) is 5.69 Å². The minimum atomic E-state index is -0.0876. The van der Waals surface area contributed by atoms with Crippen molar-refractivity contribution in [3.05, 3.63) is 57.3 Å². The topological polar surface area (TPSA) is 77.6 Å². The summed E-state index contributed by atoms with van der Waals surface area (Å²) >= 11 is 13.1. The van der Waals surface area contributed by atoms with Gasteiger partial charge in [0.25, 0.3) is 5.91 Å². The third-order valence-electron chi connectivity index (χ3n) is 7.50. The van der Waals surface area contributed by atoms with Crippen molar-refractivity contribution in [2.24, 2.45) is 11.8 Å². The van der Waals surface area contributed by atoms with Crippen LogP contribution in [0.2, 0.25) is 10.0 Å². The van der Waals surface area contributed by atoms with Gasteiger partial charge in [-0.05, 0) is 66.8 Å². The molecule has 0 radical (unpaired) electrons. The van der Waals surface area contributed by atoms with Crippen LogP contribution in [0.1, 0.15) is 53.3 Å². The summed E-state index contributed by atoms with van der Waals surface area (Å²) in [6.45, 7) is 2.31. The van der Waals surface area contributed by atoms with Gasteiger partial charge in [0, 0.05) is 45.0 Å². The molecule has 2 aromatic rings. The summed E-state index contributed by atoms with van der Waals surface area (Å²) in [7, 11) is 1.81. The van der Waals surface area contributed by atoms with Gasteiger partial charge in [-0.15, -0.1) is 0 Å². The Bertz CT molecular complexity index is 1100. The van der Waals surface area contributed by atoms with Crippen LogP contribution < -0.4 is 15.8 Å². The molecule has 0 aliphatic carbocycles. The average molecular weight is 502 g/mol. The summed E-state index contributed by atoms with van der Waals surface area (Å²) in [6, 6.07) is 7.64. The number of nitrogens with one attached hydrogen (secondary N) is 2. The fourth-order valence-electron chi connectivity index (χ4n) is 5.53. The number of likely N-dealkylation sites (tertiary alicyclic amines) is 1. The maximum absolute atomic E-state index is 12.8. The Morgan fingerprint density at radius 1 is 1.18 bits per heavy atom. The standard InChI is InChI=1S/C25H29Cl2N5O2/c1-31-20-6-4-18(22(27)17(20)5-7-21(31)33)23-16(14-29-30-23)13-15-8-11-32(12-9-15)25(34)24-19(26)3-2-10-28-24/h2-4,6,10,15-16,23,29-30H,5,7-9,11-14H2,1H3. The lowest BCUT2D eigenvalue weighted by atomic mass is 9.82. The highest BCUT2D eigenvalue weighted by Gasteiger charge is 2.35. The second-order valence-electron chi connectivity index (χ2n) is 9.49. The molecule has 2 amide bonds. The van der Waals surface area contributed by atoms with Gasteiger partial charge in [-0.3, -0.25) is 15.0 Å². The van der Waals surface area contributed by atoms with Crippen LogP contribution in [0, 0.1) is 11.8 Å². The number of hydrazine groups is 1. The first-order valence-electron chi connectivity index (χ1n) is 11.9. The maximum atomic E-state index is 12.8. The molecule has 0 saturated carbocycles. The van der Waals surface area contributed by atoms with E-state index in [1.807, 2.05) is 18.0 Å². The summed E-state index contributed by atoms with van der Waals surface area (Å²) in [5.41, 5.74) is 10.2. The molecule has 2 saturated heterocycles. The Labute approximate surface area is 209 Å². The zero-order chi connectivity index (χ0) is 23.8. The molecule has 2 N–H and O–H groups in total. The zero-order valence-corrected chi connectivity index (χ0v) is 20.7. The number of pyridine rings is 1. The summed E-state index contributed by atoms with van der Waals surface area (Å²) in [5.74, 6) is 0.981. The number of rotatable bonds is 4. The van der Waals surface area contributed by atoms with E-state index in [2.05, 4.69) is 21.9 Å². The SMILES string of the molecule is CN1C(=O)CCc2c1ccc(C1NNCC1CC1CCN(C(=O)c3ncccc3Cl)CC1)c2Cl. The van der Waals surface area contributed by atoms with Crippen molar-refractivity contribution in [2.45, 2.75) is 38.1 Å². The molecular formula is C25H29Cl2N5O2. The number of carbonyl (C=O) groups is 2. The minimum absolute atomic E-state index is 0.0876. The fourth-order valence-corrected chi connectivity index (χ4v) is 6.11. The number of nitrogens with zero attached hydrogens (tertiary/aromatic N) is 3. The van der Waals surface area contributed by atoms with Crippen LogP contribution in [0.3, 0.4) is 0 Å². The van der Waals surface area contributed by atoms with Gasteiger partial charge in [-0.1, -0.05) is 29.3 Å². The normalized spacial score (nSPS) is 23.3. The molecular weight excluding hydrogens is 473 g/mol. The van der Waals surface area contributed by atoms with E-state index in [0.29, 0.717) is 48.5 Å². The van der Waals surface area contributed by atoms with Gasteiger partial charge in [0.1, 0.15) is 5.69 Å². The number of amides is 2. The summed E-state index contributed by atoms with van der Waals surface area (Å²) in [6.07, 6.45) is 5.77. The molecule has 34 heavy (non-hydrogen) atoms. The molecule has 0 bridgehead atoms. The smallest absolute Gasteiger partial charge is 0.273 e. The quantitative estimate of drug-likeness (QED) is 0.661. The third kappa shape index (κ3) is 4.42. The van der Waals surface area contributed by atoms with Crippen LogP contribution in [-0.4, -0.2) is 48.4 Å². The number of benzene rings is 1. The van der Waals surface area contributed by atoms with Crippen molar-refractivity contribution >= 4 is 40.7 Å². The molecule has 1 aromatic heterocycles. The highest BCUT2D eigenvalue weighted by Crippen LogP contribution is 2.41. The maximum Gasteiger partial charge on any atom is 0.273 e. The molecule has 0 spiro atoms. The Kier molecular flexibility index (Phi) is 6.80. The van der Waals surface area contributed by atoms with Gasteiger partial charge < -0.3 is 9.80 Å². The van der Waals surface area contributed by atoms with E-state index in [1.165, 1.54) is 0 Å². The highest BCUT2D eigenvalue weighted by molar-refractivity contribution is 6.33. The lowest BCUT2D eigenvalue weighted by molar-refractivity contribution is -0.118. The second kappa shape index (κ2) is 9.82. The monoisotopic (exact) mass is 501 g/mol. The second-order valence-corrected chi connectivity index (χ2v) is 10.3. The lowest BCUT2D eigenvalue weighted by Gasteiger charge is -2.34. The molecule has 4 heterocycles. The Morgan fingerprint density at radius 3 is 2.74 bits per heavy atom. The van der Waals surface area contributed by atoms with E-state index in [-0.39, 0.29) is 17.9 Å². The molecule has 3 aliphatic heterocycles. The number of halogens is 2. The molecule has 1 aromatic carbocycles. The lowest BCUT2D eigenvalue weighted by Crippen LogP contribution is -2.39. The fraction of sp³-hybridized carbons (Fsp3) is 0.480. The summed E-state index contributed by atoms with van der Waals surface area (Å²) < 4.78 is 0. The third-order valence-corrected chi connectivity index (χ3v) is 8.25. The first-order valence-corrected chi connectivity index (χ1v) is 12.7. The molecule has 2 atom stereocenters. The van der Waals surface area contributed by atoms with E-state index in [0.717, 1.165) is 47.6 Å². The molecule has 2 unspecified atom stereocenters. The van der Waals surface area contributed by atoms with Gasteiger partial charge in [-0.25, -0.2) is 10.4 Å². The van der Waals surface area contributed by atoms with Crippen molar-refractivity contribution in [3.63, 3.8) is 0 Å². The minimum Gasteiger partial charge on any atom is -0.337 e. The molecule has 180 valence electrons. The van der Waals surface area contributed by atoms with Crippen molar-refractivity contribution in [2.75, 3.05) is 31.6 Å². The van der Waals surface area contributed by atoms with Gasteiger partial charge in [0.2, 0.25) is 5.91 Å². The van der Waals surface area contributed by atoms with E-state index in [9.17, 15) is 9.59 Å². The van der Waals surface area contributed by atoms with Gasteiger partial charge >= 0.3 is 0 Å². The molecule has 9 heteroatoms. The summed E-state index contributed by atoms with van der Waals surface area (Å²) in [5, 5.41) is 1.17. The first-order chi connectivity index (χ1) is 16.4. The highest BCUT2D eigenvalue weighted by atomic mass is 35.5. The molecule has 2 fully saturated rings. The number of hydrogen-bond donors (Lipinski definition) is 2. The number of piperidine rings is 1. The predicted octanol–water partition coefficient (Wildman–Crippen LogP) is 4.01. The van der Waals surface area contributed by atoms with Crippen LogP contribution >= 0.6 is 23.2 Å². The number of aromatic nitrogens is 1. The van der Waals surface area contributed by atoms with E-state index in [4.69, 9.17) is 23.2 Å². The van der Waals surface area contributed by atoms with E-state index < -0.39 is 0 Å². The van der Waals surface area contributed by atoms with E-state index in [1.54, 1.807) is 23.2 Å². The molecule has 3 aliphatic rings. The van der Waals surface area contributed by atoms with Crippen LogP contribution in [0.25, 0.3) is 0 Å². The Balaban J connectivity index is 1.24. The van der Waals surface area contributed by atoms with Crippen molar-refractivity contribution in [3.8, 4) is 0 Å². The number of fused-ring (bicyclic) bond motifs is 1. The van der Waals surface area contributed by atoms with Gasteiger partial charge in [0.15, 0.2) is 0 Å². The Hall–Kier alpha value is -2.19. The molecule has 5 rings (SSSR count). The van der Waals surface area contributed by atoms with Crippen LogP contribution in [-0.2, 0) is 11.2 Å². The number of anilines is 1. The largest absolute Gasteiger partial charge is 0.337 e. The Morgan fingerprint density at radius 2 is 1.97 bits per heavy atom. The predicted molar refractivity (Wildman–Crippen MR) is 133 cm³/mol. The van der Waals surface area contributed by atoms with Crippen molar-refractivity contribution in [1.29, 1.82) is 0 Å². The average Bonchev–Trinajstić information content (AvgIpc) is 3.30.